The normalized spacial score (nSPS) is 11.1. The summed E-state index contributed by atoms with van der Waals surface area (Å²) in [4.78, 5) is 3.92. The fraction of sp³-hybridized carbons (Fsp3) is 0.250. The smallest absolute Gasteiger partial charge is 0.123 e. The number of nitrogens with zero attached hydrogens (tertiary/aromatic N) is 1. The van der Waals surface area contributed by atoms with E-state index in [1.165, 1.54) is 0 Å². The van der Waals surface area contributed by atoms with Crippen LogP contribution in [0.25, 0.3) is 0 Å². The molecule has 1 aromatic rings. The first kappa shape index (κ1) is 11.3. The Morgan fingerprint density at radius 2 is 2.27 bits per heavy atom. The van der Waals surface area contributed by atoms with Gasteiger partial charge in [-0.05, 0) is 6.07 Å². The van der Waals surface area contributed by atoms with Gasteiger partial charge in [-0.15, -0.1) is 0 Å². The average Bonchev–Trinajstić information content (AvgIpc) is 2.28. The van der Waals surface area contributed by atoms with Crippen LogP contribution in [0.4, 0.5) is 0 Å². The van der Waals surface area contributed by atoms with Gasteiger partial charge in [0.05, 0.1) is 5.84 Å². The molecule has 80 valence electrons. The average molecular weight is 204 g/mol. The van der Waals surface area contributed by atoms with Crippen molar-refractivity contribution in [3.8, 4) is 5.75 Å². The zero-order valence-corrected chi connectivity index (χ0v) is 8.94. The van der Waals surface area contributed by atoms with Crippen molar-refractivity contribution in [3.63, 3.8) is 0 Å². The zero-order chi connectivity index (χ0) is 11.1. The molecule has 0 saturated heterocycles. The lowest BCUT2D eigenvalue weighted by Gasteiger charge is -2.09. The highest BCUT2D eigenvalue weighted by molar-refractivity contribution is 5.83. The topological polar surface area (TPSA) is 47.6 Å². The first-order valence-electron chi connectivity index (χ1n) is 4.80. The molecule has 3 nitrogen and oxygen atoms in total. The second kappa shape index (κ2) is 5.86. The summed E-state index contributed by atoms with van der Waals surface area (Å²) in [7, 11) is 1.68. The van der Waals surface area contributed by atoms with E-state index in [-0.39, 0.29) is 0 Å². The Hall–Kier alpha value is -1.77. The van der Waals surface area contributed by atoms with Crippen molar-refractivity contribution in [1.29, 1.82) is 0 Å². The molecular weight excluding hydrogens is 188 g/mol. The fourth-order valence-electron chi connectivity index (χ4n) is 1.21. The van der Waals surface area contributed by atoms with Gasteiger partial charge in [-0.25, -0.2) is 0 Å². The molecule has 0 saturated carbocycles. The minimum atomic E-state index is 0.500. The van der Waals surface area contributed by atoms with Crippen LogP contribution in [0, 0.1) is 0 Å². The molecule has 0 amide bonds. The van der Waals surface area contributed by atoms with E-state index in [0.717, 1.165) is 11.3 Å². The molecule has 0 atom stereocenters. The standard InChI is InChI=1S/C12H16N2O/c1-3-8-15-11-7-5-4-6-10(11)9-12(13)14-2/h3-7H,1,8-9H2,2H3,(H2,13,14). The van der Waals surface area contributed by atoms with Crippen LogP contribution in [0.1, 0.15) is 5.56 Å². The Bertz CT molecular complexity index is 358. The summed E-state index contributed by atoms with van der Waals surface area (Å²) in [5.74, 6) is 1.44. The van der Waals surface area contributed by atoms with Gasteiger partial charge in [-0.2, -0.15) is 0 Å². The Morgan fingerprint density at radius 3 is 2.93 bits per heavy atom. The molecule has 1 aromatic carbocycles. The third-order valence-electron chi connectivity index (χ3n) is 1.99. The van der Waals surface area contributed by atoms with Crippen LogP contribution >= 0.6 is 0 Å². The summed E-state index contributed by atoms with van der Waals surface area (Å²) in [5, 5.41) is 0. The van der Waals surface area contributed by atoms with Crippen LogP contribution < -0.4 is 10.5 Å². The summed E-state index contributed by atoms with van der Waals surface area (Å²) in [6.45, 7) is 4.11. The van der Waals surface area contributed by atoms with E-state index in [2.05, 4.69) is 11.6 Å². The third kappa shape index (κ3) is 3.46. The van der Waals surface area contributed by atoms with E-state index in [1.807, 2.05) is 24.3 Å². The number of ether oxygens (including phenoxy) is 1. The second-order valence-corrected chi connectivity index (χ2v) is 3.10. The molecule has 0 fully saturated rings. The molecule has 15 heavy (non-hydrogen) atoms. The highest BCUT2D eigenvalue weighted by Gasteiger charge is 2.03. The second-order valence-electron chi connectivity index (χ2n) is 3.10. The van der Waals surface area contributed by atoms with Gasteiger partial charge in [0.2, 0.25) is 0 Å². The van der Waals surface area contributed by atoms with Gasteiger partial charge in [-0.1, -0.05) is 30.9 Å². The van der Waals surface area contributed by atoms with E-state index in [1.54, 1.807) is 13.1 Å². The molecule has 0 aliphatic carbocycles. The number of benzene rings is 1. The number of nitrogens with two attached hydrogens (primary N) is 1. The lowest BCUT2D eigenvalue weighted by molar-refractivity contribution is 0.360. The molecule has 2 N–H and O–H groups in total. The predicted octanol–water partition coefficient (Wildman–Crippen LogP) is 1.78. The minimum absolute atomic E-state index is 0.500. The number of para-hydroxylation sites is 1. The van der Waals surface area contributed by atoms with Crippen LogP contribution in [0.2, 0.25) is 0 Å². The summed E-state index contributed by atoms with van der Waals surface area (Å²) in [5.41, 5.74) is 6.72. The molecule has 0 spiro atoms. The molecule has 3 heteroatoms. The quantitative estimate of drug-likeness (QED) is 0.451. The van der Waals surface area contributed by atoms with Crippen molar-refractivity contribution in [2.24, 2.45) is 10.7 Å². The maximum absolute atomic E-state index is 5.68. The molecule has 0 heterocycles. The van der Waals surface area contributed by atoms with Gasteiger partial charge in [0.15, 0.2) is 0 Å². The summed E-state index contributed by atoms with van der Waals surface area (Å²) < 4.78 is 5.50. The van der Waals surface area contributed by atoms with E-state index in [9.17, 15) is 0 Å². The van der Waals surface area contributed by atoms with Crippen LogP contribution in [0.3, 0.4) is 0 Å². The highest BCUT2D eigenvalue weighted by Crippen LogP contribution is 2.18. The van der Waals surface area contributed by atoms with E-state index >= 15 is 0 Å². The van der Waals surface area contributed by atoms with Crippen LogP contribution in [0.15, 0.2) is 41.9 Å². The molecule has 0 unspecified atom stereocenters. The van der Waals surface area contributed by atoms with Crippen molar-refractivity contribution < 1.29 is 4.74 Å². The van der Waals surface area contributed by atoms with Gasteiger partial charge in [0, 0.05) is 19.0 Å². The number of hydrogen-bond donors (Lipinski definition) is 1. The van der Waals surface area contributed by atoms with Gasteiger partial charge in [-0.3, -0.25) is 4.99 Å². The Balaban J connectivity index is 2.81. The van der Waals surface area contributed by atoms with Crippen molar-refractivity contribution in [1.82, 2.24) is 0 Å². The Labute approximate surface area is 90.3 Å². The molecule has 0 radical (unpaired) electrons. The van der Waals surface area contributed by atoms with Crippen molar-refractivity contribution in [3.05, 3.63) is 42.5 Å². The number of hydrogen-bond acceptors (Lipinski definition) is 2. The first-order chi connectivity index (χ1) is 7.27. The summed E-state index contributed by atoms with van der Waals surface area (Å²) >= 11 is 0. The van der Waals surface area contributed by atoms with Crippen LogP contribution in [-0.4, -0.2) is 19.5 Å². The van der Waals surface area contributed by atoms with Gasteiger partial charge in [0.1, 0.15) is 12.4 Å². The molecule has 0 aromatic heterocycles. The largest absolute Gasteiger partial charge is 0.489 e. The van der Waals surface area contributed by atoms with Gasteiger partial charge < -0.3 is 10.5 Å². The predicted molar refractivity (Wildman–Crippen MR) is 63.4 cm³/mol. The zero-order valence-electron chi connectivity index (χ0n) is 8.94. The molecule has 1 rings (SSSR count). The maximum Gasteiger partial charge on any atom is 0.123 e. The van der Waals surface area contributed by atoms with Crippen molar-refractivity contribution in [2.75, 3.05) is 13.7 Å². The SMILES string of the molecule is C=CCOc1ccccc1CC(N)=NC. The first-order valence-corrected chi connectivity index (χ1v) is 4.80. The molecular formula is C12H16N2O. The lowest BCUT2D eigenvalue weighted by atomic mass is 10.1. The molecule has 0 aliphatic rings. The van der Waals surface area contributed by atoms with Crippen molar-refractivity contribution >= 4 is 5.84 Å². The summed E-state index contributed by atoms with van der Waals surface area (Å²) in [6, 6.07) is 7.79. The maximum atomic E-state index is 5.68. The van der Waals surface area contributed by atoms with Crippen molar-refractivity contribution in [2.45, 2.75) is 6.42 Å². The Kier molecular flexibility index (Phi) is 4.41. The molecule has 0 bridgehead atoms. The van der Waals surface area contributed by atoms with Crippen LogP contribution in [-0.2, 0) is 6.42 Å². The monoisotopic (exact) mass is 204 g/mol. The van der Waals surface area contributed by atoms with E-state index in [0.29, 0.717) is 18.9 Å². The van der Waals surface area contributed by atoms with Gasteiger partial charge >= 0.3 is 0 Å². The fourth-order valence-corrected chi connectivity index (χ4v) is 1.21. The Morgan fingerprint density at radius 1 is 1.53 bits per heavy atom. The third-order valence-corrected chi connectivity index (χ3v) is 1.99. The number of rotatable bonds is 5. The molecule has 0 aliphatic heterocycles. The summed E-state index contributed by atoms with van der Waals surface area (Å²) in [6.07, 6.45) is 2.33. The van der Waals surface area contributed by atoms with E-state index in [4.69, 9.17) is 10.5 Å². The van der Waals surface area contributed by atoms with E-state index < -0.39 is 0 Å². The number of amidine groups is 1. The highest BCUT2D eigenvalue weighted by atomic mass is 16.5. The lowest BCUT2D eigenvalue weighted by Crippen LogP contribution is -2.15. The minimum Gasteiger partial charge on any atom is -0.489 e. The van der Waals surface area contributed by atoms with Gasteiger partial charge in [0.25, 0.3) is 0 Å². The van der Waals surface area contributed by atoms with Crippen LogP contribution in [0.5, 0.6) is 5.75 Å². The number of aliphatic imine (C=N–C) groups is 1.